The molecule has 2 aliphatic rings. The van der Waals surface area contributed by atoms with E-state index in [1.165, 1.54) is 0 Å². The summed E-state index contributed by atoms with van der Waals surface area (Å²) in [5.74, 6) is -0.167. The Hall–Kier alpha value is -2.47. The van der Waals surface area contributed by atoms with E-state index in [0.29, 0.717) is 24.2 Å². The lowest BCUT2D eigenvalue weighted by atomic mass is 9.99. The number of rotatable bonds is 1. The summed E-state index contributed by atoms with van der Waals surface area (Å²) in [6, 6.07) is 9.30. The summed E-state index contributed by atoms with van der Waals surface area (Å²) in [5, 5.41) is 3.87. The number of ether oxygens (including phenoxy) is 1. The molecule has 1 aromatic carbocycles. The first-order valence-corrected chi connectivity index (χ1v) is 7.76. The van der Waals surface area contributed by atoms with E-state index in [2.05, 4.69) is 10.3 Å². The number of fused-ring (bicyclic) bond motifs is 2. The highest BCUT2D eigenvalue weighted by atomic mass is 16.5. The lowest BCUT2D eigenvalue weighted by Crippen LogP contribution is -2.61. The number of likely N-dealkylation sites (tertiary alicyclic amines) is 1. The van der Waals surface area contributed by atoms with E-state index >= 15 is 0 Å². The van der Waals surface area contributed by atoms with Crippen LogP contribution in [0.4, 0.5) is 0 Å². The number of nitrogens with one attached hydrogen (secondary N) is 1. The fraction of sp³-hybridized carbons (Fsp3) is 0.353. The van der Waals surface area contributed by atoms with Crippen LogP contribution >= 0.6 is 0 Å². The van der Waals surface area contributed by atoms with Crippen LogP contribution in [0.2, 0.25) is 0 Å². The van der Waals surface area contributed by atoms with Crippen molar-refractivity contribution < 1.29 is 14.3 Å². The molecule has 0 bridgehead atoms. The molecule has 1 N–H and O–H groups in total. The van der Waals surface area contributed by atoms with E-state index < -0.39 is 0 Å². The van der Waals surface area contributed by atoms with E-state index in [0.717, 1.165) is 11.8 Å². The van der Waals surface area contributed by atoms with Gasteiger partial charge in [-0.1, -0.05) is 18.2 Å². The van der Waals surface area contributed by atoms with Gasteiger partial charge in [-0.2, -0.15) is 0 Å². The lowest BCUT2D eigenvalue weighted by molar-refractivity contribution is -0.139. The molecule has 3 heterocycles. The summed E-state index contributed by atoms with van der Waals surface area (Å²) in [5.41, 5.74) is 1.32. The average molecular weight is 311 g/mol. The summed E-state index contributed by atoms with van der Waals surface area (Å²) in [7, 11) is 0. The van der Waals surface area contributed by atoms with Crippen molar-refractivity contribution in [3.63, 3.8) is 0 Å². The zero-order valence-electron chi connectivity index (χ0n) is 12.6. The lowest BCUT2D eigenvalue weighted by Gasteiger charge is -2.41. The van der Waals surface area contributed by atoms with Crippen LogP contribution in [0.3, 0.4) is 0 Å². The van der Waals surface area contributed by atoms with Crippen molar-refractivity contribution >= 4 is 22.7 Å². The first-order chi connectivity index (χ1) is 11.2. The van der Waals surface area contributed by atoms with E-state index in [9.17, 15) is 9.59 Å². The van der Waals surface area contributed by atoms with Crippen molar-refractivity contribution in [2.75, 3.05) is 19.7 Å². The van der Waals surface area contributed by atoms with Crippen LogP contribution in [-0.2, 0) is 9.53 Å². The Balaban J connectivity index is 1.60. The number of piperidine rings is 1. The maximum atomic E-state index is 12.9. The summed E-state index contributed by atoms with van der Waals surface area (Å²) in [4.78, 5) is 30.5. The summed E-state index contributed by atoms with van der Waals surface area (Å²) >= 11 is 0. The number of benzene rings is 1. The number of morpholine rings is 1. The molecule has 2 amide bonds. The van der Waals surface area contributed by atoms with Gasteiger partial charge >= 0.3 is 0 Å². The third-order valence-electron chi connectivity index (χ3n) is 4.47. The quantitative estimate of drug-likeness (QED) is 0.852. The van der Waals surface area contributed by atoms with Gasteiger partial charge in [0.1, 0.15) is 6.61 Å². The number of hydrogen-bond acceptors (Lipinski definition) is 4. The van der Waals surface area contributed by atoms with E-state index in [4.69, 9.17) is 4.74 Å². The monoisotopic (exact) mass is 311 g/mol. The Morgan fingerprint density at radius 1 is 1.30 bits per heavy atom. The van der Waals surface area contributed by atoms with Gasteiger partial charge in [-0.05, 0) is 18.6 Å². The summed E-state index contributed by atoms with van der Waals surface area (Å²) < 4.78 is 5.54. The number of para-hydroxylation sites is 1. The van der Waals surface area contributed by atoms with Crippen LogP contribution in [0.1, 0.15) is 16.8 Å². The molecule has 118 valence electrons. The standard InChI is InChI=1S/C17H17N3O3/c21-15-10-23-14-6-8-20(9-13(14)19-15)17(22)12-5-1-3-11-4-2-7-18-16(11)12/h1-5,7,13-14H,6,8-10H2,(H,19,21)/t13-,14+/m0/s1. The molecule has 6 nitrogen and oxygen atoms in total. The second-order valence-electron chi connectivity index (χ2n) is 5.94. The van der Waals surface area contributed by atoms with Crippen LogP contribution in [0.5, 0.6) is 0 Å². The number of amides is 2. The van der Waals surface area contributed by atoms with Gasteiger partial charge in [0.15, 0.2) is 0 Å². The maximum Gasteiger partial charge on any atom is 0.256 e. The Morgan fingerprint density at radius 2 is 2.17 bits per heavy atom. The first-order valence-electron chi connectivity index (χ1n) is 7.76. The highest BCUT2D eigenvalue weighted by Gasteiger charge is 2.36. The molecule has 0 aliphatic carbocycles. The van der Waals surface area contributed by atoms with Gasteiger partial charge in [-0.3, -0.25) is 14.6 Å². The van der Waals surface area contributed by atoms with Gasteiger partial charge in [-0.15, -0.1) is 0 Å². The Labute approximate surface area is 133 Å². The molecular formula is C17H17N3O3. The fourth-order valence-electron chi connectivity index (χ4n) is 3.33. The highest BCUT2D eigenvalue weighted by Crippen LogP contribution is 2.22. The number of aromatic nitrogens is 1. The average Bonchev–Trinajstić information content (AvgIpc) is 2.60. The van der Waals surface area contributed by atoms with E-state index in [1.807, 2.05) is 24.3 Å². The molecule has 6 heteroatoms. The SMILES string of the molecule is O=C1CO[C@@H]2CCN(C(=O)c3cccc4cccnc34)C[C@@H]2N1. The molecule has 0 radical (unpaired) electrons. The van der Waals surface area contributed by atoms with E-state index in [1.54, 1.807) is 17.2 Å². The van der Waals surface area contributed by atoms with Crippen LogP contribution in [0.25, 0.3) is 10.9 Å². The number of pyridine rings is 1. The molecule has 2 aromatic rings. The number of carbonyl (C=O) groups is 2. The topological polar surface area (TPSA) is 71.5 Å². The Morgan fingerprint density at radius 3 is 3.09 bits per heavy atom. The number of hydrogen-bond donors (Lipinski definition) is 1. The van der Waals surface area contributed by atoms with Gasteiger partial charge in [0.25, 0.3) is 5.91 Å². The summed E-state index contributed by atoms with van der Waals surface area (Å²) in [6.45, 7) is 1.21. The van der Waals surface area contributed by atoms with Crippen LogP contribution in [0.15, 0.2) is 36.5 Å². The van der Waals surface area contributed by atoms with Crippen LogP contribution < -0.4 is 5.32 Å². The highest BCUT2D eigenvalue weighted by molar-refractivity contribution is 6.05. The third-order valence-corrected chi connectivity index (χ3v) is 4.47. The predicted molar refractivity (Wildman–Crippen MR) is 83.9 cm³/mol. The van der Waals surface area contributed by atoms with Crippen molar-refractivity contribution in [3.05, 3.63) is 42.1 Å². The molecule has 2 aliphatic heterocycles. The van der Waals surface area contributed by atoms with Gasteiger partial charge in [0.2, 0.25) is 5.91 Å². The molecule has 4 rings (SSSR count). The van der Waals surface area contributed by atoms with Crippen LogP contribution in [0, 0.1) is 0 Å². The second kappa shape index (κ2) is 5.62. The van der Waals surface area contributed by atoms with Gasteiger partial charge in [-0.25, -0.2) is 0 Å². The van der Waals surface area contributed by atoms with Crippen molar-refractivity contribution in [1.29, 1.82) is 0 Å². The van der Waals surface area contributed by atoms with E-state index in [-0.39, 0.29) is 30.6 Å². The first kappa shape index (κ1) is 14.1. The molecule has 0 spiro atoms. The van der Waals surface area contributed by atoms with Crippen molar-refractivity contribution in [3.8, 4) is 0 Å². The third kappa shape index (κ3) is 2.55. The molecule has 2 fully saturated rings. The molecule has 2 saturated heterocycles. The molecule has 0 saturated carbocycles. The molecule has 0 unspecified atom stereocenters. The number of carbonyl (C=O) groups excluding carboxylic acids is 2. The van der Waals surface area contributed by atoms with Gasteiger partial charge < -0.3 is 15.0 Å². The second-order valence-corrected chi connectivity index (χ2v) is 5.94. The smallest absolute Gasteiger partial charge is 0.256 e. The van der Waals surface area contributed by atoms with Crippen molar-refractivity contribution in [2.45, 2.75) is 18.6 Å². The normalized spacial score (nSPS) is 24.2. The molecular weight excluding hydrogens is 294 g/mol. The van der Waals surface area contributed by atoms with Crippen LogP contribution in [-0.4, -0.2) is 53.5 Å². The molecule has 23 heavy (non-hydrogen) atoms. The minimum atomic E-state index is -0.128. The predicted octanol–water partition coefficient (Wildman–Crippen LogP) is 0.964. The largest absolute Gasteiger partial charge is 0.366 e. The Bertz CT molecular complexity index is 771. The maximum absolute atomic E-state index is 12.9. The minimum absolute atomic E-state index is 0.00222. The zero-order chi connectivity index (χ0) is 15.8. The van der Waals surface area contributed by atoms with Gasteiger partial charge in [0.05, 0.1) is 23.2 Å². The van der Waals surface area contributed by atoms with Gasteiger partial charge in [0, 0.05) is 24.7 Å². The summed E-state index contributed by atoms with van der Waals surface area (Å²) in [6.07, 6.45) is 2.43. The molecule has 1 aromatic heterocycles. The minimum Gasteiger partial charge on any atom is -0.366 e. The zero-order valence-corrected chi connectivity index (χ0v) is 12.6. The fourth-order valence-corrected chi connectivity index (χ4v) is 3.33. The van der Waals surface area contributed by atoms with Crippen molar-refractivity contribution in [1.82, 2.24) is 15.2 Å². The number of nitrogens with zero attached hydrogens (tertiary/aromatic N) is 2. The van der Waals surface area contributed by atoms with Crippen molar-refractivity contribution in [2.24, 2.45) is 0 Å². The molecule has 2 atom stereocenters. The Kier molecular flexibility index (Phi) is 3.46.